The maximum Gasteiger partial charge on any atom is 0.244 e. The fourth-order valence-corrected chi connectivity index (χ4v) is 3.52. The van der Waals surface area contributed by atoms with E-state index in [1.807, 2.05) is 18.2 Å². The Bertz CT molecular complexity index is 884. The number of rotatable bonds is 7. The number of nitrogens with zero attached hydrogens (tertiary/aromatic N) is 3. The van der Waals surface area contributed by atoms with E-state index in [9.17, 15) is 9.59 Å². The maximum absolute atomic E-state index is 12.5. The number of carbonyl (C=O) groups is 2. The summed E-state index contributed by atoms with van der Waals surface area (Å²) in [7, 11) is 3.30. The van der Waals surface area contributed by atoms with Crippen LogP contribution in [0.2, 0.25) is 5.02 Å². The van der Waals surface area contributed by atoms with Crippen molar-refractivity contribution >= 4 is 34.8 Å². The van der Waals surface area contributed by atoms with E-state index >= 15 is 0 Å². The summed E-state index contributed by atoms with van der Waals surface area (Å²) >= 11 is 6.06. The number of ether oxygens (including phenoxy) is 1. The van der Waals surface area contributed by atoms with Gasteiger partial charge < -0.3 is 19.9 Å². The van der Waals surface area contributed by atoms with Crippen molar-refractivity contribution in [3.8, 4) is 5.75 Å². The van der Waals surface area contributed by atoms with Crippen LogP contribution in [0.25, 0.3) is 0 Å². The Morgan fingerprint density at radius 1 is 1.10 bits per heavy atom. The predicted molar refractivity (Wildman–Crippen MR) is 119 cm³/mol. The highest BCUT2D eigenvalue weighted by Crippen LogP contribution is 2.22. The number of benzene rings is 2. The molecule has 0 aliphatic carbocycles. The Hall–Kier alpha value is -2.77. The van der Waals surface area contributed by atoms with Gasteiger partial charge in [0.15, 0.2) is 0 Å². The van der Waals surface area contributed by atoms with Crippen LogP contribution in [0.1, 0.15) is 0 Å². The van der Waals surface area contributed by atoms with Gasteiger partial charge >= 0.3 is 0 Å². The first-order chi connectivity index (χ1) is 14.5. The normalized spacial score (nSPS) is 14.3. The van der Waals surface area contributed by atoms with E-state index in [1.54, 1.807) is 38.4 Å². The molecule has 8 heteroatoms. The van der Waals surface area contributed by atoms with E-state index in [0.717, 1.165) is 37.6 Å². The molecule has 1 saturated heterocycles. The van der Waals surface area contributed by atoms with Crippen LogP contribution < -0.4 is 15.0 Å². The molecule has 0 spiro atoms. The molecule has 1 heterocycles. The summed E-state index contributed by atoms with van der Waals surface area (Å²) in [6, 6.07) is 15.0. The van der Waals surface area contributed by atoms with Crippen molar-refractivity contribution in [2.75, 3.05) is 63.6 Å². The van der Waals surface area contributed by atoms with Gasteiger partial charge in [-0.15, -0.1) is 0 Å². The highest BCUT2D eigenvalue weighted by Gasteiger charge is 2.22. The van der Waals surface area contributed by atoms with Crippen molar-refractivity contribution in [1.29, 1.82) is 0 Å². The van der Waals surface area contributed by atoms with Crippen molar-refractivity contribution in [2.45, 2.75) is 0 Å². The van der Waals surface area contributed by atoms with Crippen molar-refractivity contribution in [3.05, 3.63) is 53.6 Å². The number of carbonyl (C=O) groups excluding carboxylic acids is 2. The number of methoxy groups -OCH3 is 1. The summed E-state index contributed by atoms with van der Waals surface area (Å²) in [6.45, 7) is 3.50. The lowest BCUT2D eigenvalue weighted by Gasteiger charge is -2.36. The Labute approximate surface area is 182 Å². The number of hydrogen-bond donors (Lipinski definition) is 1. The Balaban J connectivity index is 1.44. The second-order valence-corrected chi connectivity index (χ2v) is 7.65. The summed E-state index contributed by atoms with van der Waals surface area (Å²) in [5.41, 5.74) is 1.66. The van der Waals surface area contributed by atoms with Crippen LogP contribution in [0.5, 0.6) is 5.75 Å². The van der Waals surface area contributed by atoms with Gasteiger partial charge in [0.25, 0.3) is 0 Å². The second kappa shape index (κ2) is 10.3. The second-order valence-electron chi connectivity index (χ2n) is 7.24. The summed E-state index contributed by atoms with van der Waals surface area (Å²) in [6.07, 6.45) is 0. The Morgan fingerprint density at radius 2 is 1.83 bits per heavy atom. The average molecular weight is 431 g/mol. The van der Waals surface area contributed by atoms with Crippen LogP contribution in [0, 0.1) is 0 Å². The molecular weight excluding hydrogens is 404 g/mol. The molecule has 160 valence electrons. The van der Waals surface area contributed by atoms with Gasteiger partial charge in [0.05, 0.1) is 30.9 Å². The third-order valence-corrected chi connectivity index (χ3v) is 5.43. The van der Waals surface area contributed by atoms with E-state index in [1.165, 1.54) is 4.90 Å². The molecule has 0 unspecified atom stereocenters. The lowest BCUT2D eigenvalue weighted by Crippen LogP contribution is -2.50. The van der Waals surface area contributed by atoms with Crippen molar-refractivity contribution in [3.63, 3.8) is 0 Å². The molecule has 0 atom stereocenters. The zero-order valence-electron chi connectivity index (χ0n) is 17.3. The standard InChI is InChI=1S/C22H27ClN4O3/c1-25(15-21(28)24-20-9-4-3-8-19(20)23)22(29)16-26-10-12-27(13-11-26)17-6-5-7-18(14-17)30-2/h3-9,14H,10-13,15-16H2,1-2H3,(H,24,28). The summed E-state index contributed by atoms with van der Waals surface area (Å²) in [4.78, 5) is 30.6. The van der Waals surface area contributed by atoms with Crippen LogP contribution in [-0.2, 0) is 9.59 Å². The van der Waals surface area contributed by atoms with Gasteiger partial charge in [-0.2, -0.15) is 0 Å². The Kier molecular flexibility index (Phi) is 7.54. The number of anilines is 2. The van der Waals surface area contributed by atoms with Crippen molar-refractivity contribution < 1.29 is 14.3 Å². The molecule has 0 aromatic heterocycles. The molecule has 2 aromatic rings. The lowest BCUT2D eigenvalue weighted by molar-refractivity contribution is -0.134. The minimum Gasteiger partial charge on any atom is -0.497 e. The molecule has 2 amide bonds. The smallest absolute Gasteiger partial charge is 0.244 e. The fraction of sp³-hybridized carbons (Fsp3) is 0.364. The highest BCUT2D eigenvalue weighted by atomic mass is 35.5. The van der Waals surface area contributed by atoms with E-state index in [2.05, 4.69) is 21.2 Å². The van der Waals surface area contributed by atoms with Crippen LogP contribution in [0.4, 0.5) is 11.4 Å². The van der Waals surface area contributed by atoms with Crippen LogP contribution >= 0.6 is 11.6 Å². The SMILES string of the molecule is COc1cccc(N2CCN(CC(=O)N(C)CC(=O)Nc3ccccc3Cl)CC2)c1. The number of piperazine rings is 1. The first-order valence-corrected chi connectivity index (χ1v) is 10.2. The van der Waals surface area contributed by atoms with Gasteiger partial charge in [0.2, 0.25) is 11.8 Å². The molecule has 30 heavy (non-hydrogen) atoms. The number of likely N-dealkylation sites (N-methyl/N-ethyl adjacent to an activating group) is 1. The monoisotopic (exact) mass is 430 g/mol. The maximum atomic E-state index is 12.5. The molecule has 7 nitrogen and oxygen atoms in total. The first kappa shape index (κ1) is 21.9. The summed E-state index contributed by atoms with van der Waals surface area (Å²) < 4.78 is 5.29. The van der Waals surface area contributed by atoms with Crippen molar-refractivity contribution in [1.82, 2.24) is 9.80 Å². The molecule has 1 aliphatic heterocycles. The molecular formula is C22H27ClN4O3. The van der Waals surface area contributed by atoms with Gasteiger partial charge in [-0.3, -0.25) is 14.5 Å². The molecule has 1 aliphatic rings. The minimum atomic E-state index is -0.276. The van der Waals surface area contributed by atoms with Crippen LogP contribution in [0.15, 0.2) is 48.5 Å². The molecule has 3 rings (SSSR count). The third-order valence-electron chi connectivity index (χ3n) is 5.10. The predicted octanol–water partition coefficient (Wildman–Crippen LogP) is 2.57. The number of amides is 2. The fourth-order valence-electron chi connectivity index (χ4n) is 3.34. The third kappa shape index (κ3) is 5.87. The van der Waals surface area contributed by atoms with Crippen molar-refractivity contribution in [2.24, 2.45) is 0 Å². The topological polar surface area (TPSA) is 65.1 Å². The zero-order valence-corrected chi connectivity index (χ0v) is 18.1. The molecule has 0 radical (unpaired) electrons. The largest absolute Gasteiger partial charge is 0.497 e. The quantitative estimate of drug-likeness (QED) is 0.731. The van der Waals surface area contributed by atoms with E-state index in [4.69, 9.17) is 16.3 Å². The van der Waals surface area contributed by atoms with E-state index in [0.29, 0.717) is 17.3 Å². The van der Waals surface area contributed by atoms with E-state index in [-0.39, 0.29) is 18.4 Å². The van der Waals surface area contributed by atoms with Gasteiger partial charge in [-0.25, -0.2) is 0 Å². The highest BCUT2D eigenvalue weighted by molar-refractivity contribution is 6.33. The van der Waals surface area contributed by atoms with Gasteiger partial charge in [0, 0.05) is 45.0 Å². The Morgan fingerprint density at radius 3 is 2.53 bits per heavy atom. The lowest BCUT2D eigenvalue weighted by atomic mass is 10.2. The number of hydrogen-bond acceptors (Lipinski definition) is 5. The van der Waals surface area contributed by atoms with Crippen LogP contribution in [0.3, 0.4) is 0 Å². The van der Waals surface area contributed by atoms with Gasteiger partial charge in [-0.05, 0) is 24.3 Å². The first-order valence-electron chi connectivity index (χ1n) is 9.86. The number of para-hydroxylation sites is 1. The van der Waals surface area contributed by atoms with E-state index < -0.39 is 0 Å². The molecule has 1 fully saturated rings. The molecule has 2 aromatic carbocycles. The van der Waals surface area contributed by atoms with Crippen LogP contribution in [-0.4, -0.2) is 75.0 Å². The minimum absolute atomic E-state index is 0.0200. The number of nitrogens with one attached hydrogen (secondary N) is 1. The number of halogens is 1. The zero-order chi connectivity index (χ0) is 21.5. The average Bonchev–Trinajstić information content (AvgIpc) is 2.76. The van der Waals surface area contributed by atoms with Gasteiger partial charge in [-0.1, -0.05) is 29.8 Å². The summed E-state index contributed by atoms with van der Waals surface area (Å²) in [5, 5.41) is 3.20. The molecule has 0 saturated carbocycles. The molecule has 1 N–H and O–H groups in total. The van der Waals surface area contributed by atoms with Gasteiger partial charge in [0.1, 0.15) is 5.75 Å². The molecule has 0 bridgehead atoms. The summed E-state index contributed by atoms with van der Waals surface area (Å²) in [5.74, 6) is 0.475.